The first-order valence-electron chi connectivity index (χ1n) is 12.3. The quantitative estimate of drug-likeness (QED) is 0.106. The molecule has 7 rings (SSSR count). The minimum absolute atomic E-state index is 1.02. The summed E-state index contributed by atoms with van der Waals surface area (Å²) < 4.78 is 59.9. The van der Waals surface area contributed by atoms with Crippen LogP contribution in [0.4, 0.5) is 22.0 Å². The second-order valence-electron chi connectivity index (χ2n) is 10.4. The van der Waals surface area contributed by atoms with Crippen molar-refractivity contribution in [3.05, 3.63) is 47.0 Å². The third kappa shape index (κ3) is 5.21. The molecule has 0 nitrogen and oxygen atoms in total. The van der Waals surface area contributed by atoms with E-state index in [2.05, 4.69) is 9.30 Å². The van der Waals surface area contributed by atoms with Gasteiger partial charge >= 0.3 is 28.7 Å². The average molecular weight is 521 g/mol. The molecular formula is C26H30ClF5Ti. The molecule has 6 fully saturated rings. The van der Waals surface area contributed by atoms with Crippen LogP contribution in [-0.2, 0) is 19.4 Å². The van der Waals surface area contributed by atoms with Crippen molar-refractivity contribution in [3.8, 4) is 0 Å². The van der Waals surface area contributed by atoms with Crippen LogP contribution >= 0.6 is 9.30 Å². The molecule has 1 aromatic carbocycles. The fourth-order valence-corrected chi connectivity index (χ4v) is 7.85. The molecule has 4 bridgehead atoms. The molecule has 6 aliphatic carbocycles. The van der Waals surface area contributed by atoms with Crippen molar-refractivity contribution in [1.82, 2.24) is 0 Å². The van der Waals surface area contributed by atoms with E-state index in [1.54, 1.807) is 44.9 Å². The Bertz CT molecular complexity index is 726. The molecule has 6 aliphatic rings. The third-order valence-electron chi connectivity index (χ3n) is 9.06. The first kappa shape index (κ1) is 26.0. The van der Waals surface area contributed by atoms with E-state index in [9.17, 15) is 22.0 Å². The minimum atomic E-state index is -2.17. The van der Waals surface area contributed by atoms with Gasteiger partial charge in [0.1, 0.15) is 0 Å². The van der Waals surface area contributed by atoms with Crippen LogP contribution in [0.2, 0.25) is 0 Å². The second-order valence-corrected chi connectivity index (χ2v) is 10.4. The van der Waals surface area contributed by atoms with Crippen molar-refractivity contribution in [2.24, 2.45) is 35.5 Å². The van der Waals surface area contributed by atoms with Gasteiger partial charge in [-0.15, -0.1) is 6.07 Å². The van der Waals surface area contributed by atoms with E-state index in [0.29, 0.717) is 0 Å². The van der Waals surface area contributed by atoms with E-state index in [1.807, 2.05) is 11.8 Å². The Hall–Kier alpha value is -0.126. The van der Waals surface area contributed by atoms with Crippen molar-refractivity contribution in [1.29, 1.82) is 0 Å². The molecule has 6 saturated carbocycles. The summed E-state index contributed by atoms with van der Waals surface area (Å²) in [5, 5.41) is 0. The van der Waals surface area contributed by atoms with Gasteiger partial charge in [-0.05, 0) is 112 Å². The summed E-state index contributed by atoms with van der Waals surface area (Å²) in [6, 6.07) is 1.02. The van der Waals surface area contributed by atoms with Gasteiger partial charge in [-0.3, -0.25) is 8.78 Å². The van der Waals surface area contributed by atoms with E-state index in [4.69, 9.17) is 0 Å². The molecule has 0 N–H and O–H groups in total. The summed E-state index contributed by atoms with van der Waals surface area (Å²) in [5.74, 6) is 0.722. The van der Waals surface area contributed by atoms with E-state index >= 15 is 0 Å². The first-order valence-corrected chi connectivity index (χ1v) is 14.4. The number of hydrogen-bond acceptors (Lipinski definition) is 0. The van der Waals surface area contributed by atoms with Crippen LogP contribution in [0.3, 0.4) is 0 Å². The van der Waals surface area contributed by atoms with Gasteiger partial charge < -0.3 is 0 Å². The Morgan fingerprint density at radius 1 is 0.606 bits per heavy atom. The molecule has 7 heteroatoms. The Morgan fingerprint density at radius 3 is 1.58 bits per heavy atom. The SMILES string of the molecule is C1CC2C3CCC(C3)C2C1.C1C[C]2[C](C1)C1CCC2C1.Fc1[c-]c(F)c(F)c(F)c1F.[Cl][Ti+]. The molecule has 0 saturated heterocycles. The monoisotopic (exact) mass is 520 g/mol. The Balaban J connectivity index is 0.000000113. The predicted octanol–water partition coefficient (Wildman–Crippen LogP) is 8.45. The summed E-state index contributed by atoms with van der Waals surface area (Å²) in [5.41, 5.74) is 0. The molecule has 0 aromatic heterocycles. The summed E-state index contributed by atoms with van der Waals surface area (Å²) in [7, 11) is 4.64. The Kier molecular flexibility index (Phi) is 8.88. The van der Waals surface area contributed by atoms with Gasteiger partial charge in [0.25, 0.3) is 0 Å². The molecule has 0 aliphatic heterocycles. The van der Waals surface area contributed by atoms with Crippen molar-refractivity contribution in [3.63, 3.8) is 0 Å². The van der Waals surface area contributed by atoms with Crippen LogP contribution in [0.15, 0.2) is 0 Å². The zero-order valence-corrected chi connectivity index (χ0v) is 21.0. The fraction of sp³-hybridized carbons (Fsp3) is 0.692. The molecular weight excluding hydrogens is 491 g/mol. The Morgan fingerprint density at radius 2 is 1.09 bits per heavy atom. The topological polar surface area (TPSA) is 0 Å². The van der Waals surface area contributed by atoms with Gasteiger partial charge in [0.2, 0.25) is 0 Å². The van der Waals surface area contributed by atoms with Gasteiger partial charge in [-0.2, -0.15) is 0 Å². The number of halogens is 6. The number of fused-ring (bicyclic) bond motifs is 10. The van der Waals surface area contributed by atoms with Crippen molar-refractivity contribution >= 4 is 9.30 Å². The van der Waals surface area contributed by atoms with E-state index < -0.39 is 29.1 Å². The van der Waals surface area contributed by atoms with Gasteiger partial charge in [-0.25, -0.2) is 13.2 Å². The van der Waals surface area contributed by atoms with Crippen LogP contribution in [0.25, 0.3) is 0 Å². The van der Waals surface area contributed by atoms with Gasteiger partial charge in [0.05, 0.1) is 29.1 Å². The van der Waals surface area contributed by atoms with E-state index in [-0.39, 0.29) is 0 Å². The summed E-state index contributed by atoms with van der Waals surface area (Å²) >= 11 is 1.47. The zero-order chi connectivity index (χ0) is 23.7. The molecule has 180 valence electrons. The van der Waals surface area contributed by atoms with Gasteiger partial charge in [0.15, 0.2) is 0 Å². The van der Waals surface area contributed by atoms with E-state index in [1.165, 1.54) is 75.2 Å². The molecule has 1 aromatic rings. The van der Waals surface area contributed by atoms with Gasteiger partial charge in [-0.1, -0.05) is 12.8 Å². The standard InChI is InChI=1S/C10H16.C10H14.C6F5.ClH.Ti/c2*1-2-9-7-4-5-8(6-7)10(9)3-1;7-2-1-3(8)5(10)6(11)4(2)9;;/h7-10H,1-6H2;7-8H,1-6H2;;1H;/q;;-1;;+2/p-1. The maximum absolute atomic E-state index is 12.0. The molecule has 2 radical (unpaired) electrons. The van der Waals surface area contributed by atoms with Crippen molar-refractivity contribution < 1.29 is 41.3 Å². The molecule has 0 amide bonds. The normalized spacial score (nSPS) is 35.2. The van der Waals surface area contributed by atoms with Crippen molar-refractivity contribution in [2.45, 2.75) is 77.0 Å². The zero-order valence-electron chi connectivity index (χ0n) is 18.7. The maximum atomic E-state index is 12.0. The van der Waals surface area contributed by atoms with Crippen molar-refractivity contribution in [2.75, 3.05) is 0 Å². The summed E-state index contributed by atoms with van der Waals surface area (Å²) in [6.07, 6.45) is 18.6. The molecule has 0 spiro atoms. The van der Waals surface area contributed by atoms with Crippen LogP contribution in [-0.4, -0.2) is 0 Å². The molecule has 0 heterocycles. The second kappa shape index (κ2) is 11.3. The van der Waals surface area contributed by atoms with Gasteiger partial charge in [0, 0.05) is 0 Å². The number of hydrogen-bond donors (Lipinski definition) is 0. The first-order chi connectivity index (χ1) is 15.9. The fourth-order valence-electron chi connectivity index (χ4n) is 7.85. The number of rotatable bonds is 0. The summed E-state index contributed by atoms with van der Waals surface area (Å²) in [6.45, 7) is 0. The summed E-state index contributed by atoms with van der Waals surface area (Å²) in [4.78, 5) is 0. The van der Waals surface area contributed by atoms with Crippen LogP contribution < -0.4 is 0 Å². The van der Waals surface area contributed by atoms with Crippen LogP contribution in [0.5, 0.6) is 0 Å². The van der Waals surface area contributed by atoms with E-state index in [0.717, 1.165) is 17.9 Å². The number of benzene rings is 1. The Labute approximate surface area is 209 Å². The average Bonchev–Trinajstić information content (AvgIpc) is 3.64. The third-order valence-corrected chi connectivity index (χ3v) is 9.06. The molecule has 33 heavy (non-hydrogen) atoms. The van der Waals surface area contributed by atoms with Crippen LogP contribution in [0, 0.1) is 82.5 Å². The molecule has 6 atom stereocenters. The molecule has 6 unspecified atom stereocenters. The predicted molar refractivity (Wildman–Crippen MR) is 114 cm³/mol. The van der Waals surface area contributed by atoms with Crippen LogP contribution in [0.1, 0.15) is 77.0 Å².